The maximum Gasteiger partial charge on any atom is 0.273 e. The molecule has 0 saturated heterocycles. The van der Waals surface area contributed by atoms with Crippen molar-refractivity contribution < 1.29 is 9.85 Å². The van der Waals surface area contributed by atoms with Gasteiger partial charge in [0.2, 0.25) is 0 Å². The fraction of sp³-hybridized carbons (Fsp3) is 0.182. The number of nitro benzene ring substituents is 2. The van der Waals surface area contributed by atoms with Gasteiger partial charge in [-0.05, 0) is 11.1 Å². The number of para-hydroxylation sites is 2. The van der Waals surface area contributed by atoms with Crippen LogP contribution in [0.3, 0.4) is 0 Å². The third-order valence-corrected chi connectivity index (χ3v) is 6.56. The van der Waals surface area contributed by atoms with E-state index < -0.39 is 0 Å². The molecule has 0 aliphatic carbocycles. The van der Waals surface area contributed by atoms with Crippen LogP contribution in [0.5, 0.6) is 0 Å². The van der Waals surface area contributed by atoms with Crippen molar-refractivity contribution in [3.05, 3.63) is 115 Å². The van der Waals surface area contributed by atoms with Gasteiger partial charge in [0.05, 0.1) is 9.85 Å². The lowest BCUT2D eigenvalue weighted by atomic mass is 10.2. The summed E-state index contributed by atoms with van der Waals surface area (Å²) in [5.74, 6) is 2.72. The summed E-state index contributed by atoms with van der Waals surface area (Å²) < 4.78 is 0. The van der Waals surface area contributed by atoms with Crippen molar-refractivity contribution in [1.82, 2.24) is 0 Å². The van der Waals surface area contributed by atoms with Gasteiger partial charge < -0.3 is 0 Å². The Bertz CT molecular complexity index is 943. The van der Waals surface area contributed by atoms with Crippen molar-refractivity contribution in [2.75, 3.05) is 0 Å². The van der Waals surface area contributed by atoms with Crippen molar-refractivity contribution >= 4 is 34.9 Å². The molecule has 0 spiro atoms. The quantitative estimate of drug-likeness (QED) is 0.269. The second kappa shape index (κ2) is 10.8. The predicted molar refractivity (Wildman–Crippen MR) is 123 cm³/mol. The van der Waals surface area contributed by atoms with E-state index in [1.807, 2.05) is 12.1 Å². The molecule has 8 heteroatoms. The van der Waals surface area contributed by atoms with Gasteiger partial charge in [0, 0.05) is 46.3 Å². The van der Waals surface area contributed by atoms with Crippen molar-refractivity contribution in [3.8, 4) is 0 Å². The number of nitro groups is 2. The third kappa shape index (κ3) is 6.08. The molecule has 3 rings (SSSR count). The Morgan fingerprint density at radius 3 is 1.30 bits per heavy atom. The van der Waals surface area contributed by atoms with Crippen LogP contribution >= 0.6 is 23.5 Å². The van der Waals surface area contributed by atoms with Crippen LogP contribution in [0, 0.1) is 20.2 Å². The molecule has 0 atom stereocenters. The molecule has 3 aromatic rings. The molecular formula is C22H20N2O4S2. The standard InChI is InChI=1S/C22H20N2O4S2/c25-23(26)21-7-3-1-5-19(21)15-29-13-17-9-11-18(12-10-17)14-30-16-20-6-2-4-8-22(20)24(27)28/h1-12H,13-16H2. The molecule has 0 unspecified atom stereocenters. The lowest BCUT2D eigenvalue weighted by Crippen LogP contribution is -1.94. The largest absolute Gasteiger partial charge is 0.273 e. The van der Waals surface area contributed by atoms with E-state index >= 15 is 0 Å². The average Bonchev–Trinajstić information content (AvgIpc) is 2.75. The molecule has 0 N–H and O–H groups in total. The molecule has 30 heavy (non-hydrogen) atoms. The van der Waals surface area contributed by atoms with Gasteiger partial charge >= 0.3 is 0 Å². The van der Waals surface area contributed by atoms with Crippen molar-refractivity contribution in [2.24, 2.45) is 0 Å². The second-order valence-corrected chi connectivity index (χ2v) is 8.54. The van der Waals surface area contributed by atoms with Crippen LogP contribution in [0.4, 0.5) is 11.4 Å². The van der Waals surface area contributed by atoms with Gasteiger partial charge in [0.15, 0.2) is 0 Å². The van der Waals surface area contributed by atoms with E-state index in [0.29, 0.717) is 11.5 Å². The van der Waals surface area contributed by atoms with Gasteiger partial charge in [-0.3, -0.25) is 20.2 Å². The van der Waals surface area contributed by atoms with Gasteiger partial charge in [0.25, 0.3) is 11.4 Å². The molecule has 6 nitrogen and oxygen atoms in total. The Hall–Kier alpha value is -2.84. The van der Waals surface area contributed by atoms with E-state index in [9.17, 15) is 20.2 Å². The van der Waals surface area contributed by atoms with Gasteiger partial charge in [-0.1, -0.05) is 60.7 Å². The first-order valence-corrected chi connectivity index (χ1v) is 11.5. The Kier molecular flexibility index (Phi) is 7.87. The van der Waals surface area contributed by atoms with E-state index in [-0.39, 0.29) is 21.2 Å². The van der Waals surface area contributed by atoms with Crippen LogP contribution < -0.4 is 0 Å². The minimum atomic E-state index is -0.341. The molecule has 0 amide bonds. The zero-order valence-corrected chi connectivity index (χ0v) is 17.7. The number of nitrogens with zero attached hydrogens (tertiary/aromatic N) is 2. The average molecular weight is 441 g/mol. The summed E-state index contributed by atoms with van der Waals surface area (Å²) in [5, 5.41) is 22.2. The van der Waals surface area contributed by atoms with Crippen molar-refractivity contribution in [3.63, 3.8) is 0 Å². The van der Waals surface area contributed by atoms with Crippen LogP contribution in [-0.4, -0.2) is 9.85 Å². The molecule has 0 saturated carbocycles. The molecule has 154 valence electrons. The minimum absolute atomic E-state index is 0.163. The highest BCUT2D eigenvalue weighted by molar-refractivity contribution is 7.98. The first-order valence-electron chi connectivity index (χ1n) is 9.22. The topological polar surface area (TPSA) is 86.3 Å². The Balaban J connectivity index is 1.48. The third-order valence-electron chi connectivity index (χ3n) is 4.45. The monoisotopic (exact) mass is 440 g/mol. The summed E-state index contributed by atoms with van der Waals surface area (Å²) in [4.78, 5) is 21.5. The minimum Gasteiger partial charge on any atom is -0.258 e. The zero-order chi connectivity index (χ0) is 21.3. The Labute approximate surface area is 183 Å². The van der Waals surface area contributed by atoms with Gasteiger partial charge in [0.1, 0.15) is 0 Å². The smallest absolute Gasteiger partial charge is 0.258 e. The normalized spacial score (nSPS) is 10.7. The molecular weight excluding hydrogens is 420 g/mol. The van der Waals surface area contributed by atoms with E-state index in [4.69, 9.17) is 0 Å². The lowest BCUT2D eigenvalue weighted by Gasteiger charge is -2.06. The molecule has 0 heterocycles. The summed E-state index contributed by atoms with van der Waals surface area (Å²) in [6.07, 6.45) is 0. The number of hydrogen-bond acceptors (Lipinski definition) is 6. The van der Waals surface area contributed by atoms with Gasteiger partial charge in [-0.15, -0.1) is 0 Å². The molecule has 0 fully saturated rings. The molecule has 0 radical (unpaired) electrons. The first kappa shape index (κ1) is 21.9. The van der Waals surface area contributed by atoms with Gasteiger partial charge in [-0.25, -0.2) is 0 Å². The molecule has 0 aromatic heterocycles. The summed E-state index contributed by atoms with van der Waals surface area (Å²) in [5.41, 5.74) is 4.11. The zero-order valence-electron chi connectivity index (χ0n) is 16.1. The first-order chi connectivity index (χ1) is 14.5. The maximum absolute atomic E-state index is 11.1. The second-order valence-electron chi connectivity index (χ2n) is 6.57. The van der Waals surface area contributed by atoms with Gasteiger partial charge in [-0.2, -0.15) is 23.5 Å². The number of benzene rings is 3. The highest BCUT2D eigenvalue weighted by Crippen LogP contribution is 2.27. The van der Waals surface area contributed by atoms with E-state index in [1.54, 1.807) is 47.8 Å². The van der Waals surface area contributed by atoms with E-state index in [0.717, 1.165) is 33.8 Å². The van der Waals surface area contributed by atoms with Crippen LogP contribution in [0.15, 0.2) is 72.8 Å². The fourth-order valence-corrected chi connectivity index (χ4v) is 4.90. The van der Waals surface area contributed by atoms with E-state index in [1.165, 1.54) is 12.1 Å². The molecule has 3 aromatic carbocycles. The summed E-state index contributed by atoms with van der Waals surface area (Å²) in [6, 6.07) is 21.9. The molecule has 0 aliphatic heterocycles. The van der Waals surface area contributed by atoms with Crippen LogP contribution in [0.2, 0.25) is 0 Å². The highest BCUT2D eigenvalue weighted by atomic mass is 32.2. The fourth-order valence-electron chi connectivity index (χ4n) is 2.91. The van der Waals surface area contributed by atoms with Crippen LogP contribution in [0.1, 0.15) is 22.3 Å². The number of rotatable bonds is 10. The summed E-state index contributed by atoms with van der Waals surface area (Å²) >= 11 is 3.29. The SMILES string of the molecule is O=[N+]([O-])c1ccccc1CSCc1ccc(CSCc2ccccc2[N+](=O)[O-])cc1. The Morgan fingerprint density at radius 1 is 0.567 bits per heavy atom. The number of thioether (sulfide) groups is 2. The lowest BCUT2D eigenvalue weighted by molar-refractivity contribution is -0.385. The number of hydrogen-bond donors (Lipinski definition) is 0. The van der Waals surface area contributed by atoms with Crippen molar-refractivity contribution in [2.45, 2.75) is 23.0 Å². The highest BCUT2D eigenvalue weighted by Gasteiger charge is 2.13. The van der Waals surface area contributed by atoms with E-state index in [2.05, 4.69) is 24.3 Å². The summed E-state index contributed by atoms with van der Waals surface area (Å²) in [7, 11) is 0. The van der Waals surface area contributed by atoms with Crippen LogP contribution in [-0.2, 0) is 23.0 Å². The Morgan fingerprint density at radius 2 is 0.933 bits per heavy atom. The predicted octanol–water partition coefficient (Wildman–Crippen LogP) is 6.37. The van der Waals surface area contributed by atoms with Crippen molar-refractivity contribution in [1.29, 1.82) is 0 Å². The van der Waals surface area contributed by atoms with Crippen LogP contribution in [0.25, 0.3) is 0 Å². The summed E-state index contributed by atoms with van der Waals surface area (Å²) in [6.45, 7) is 0. The maximum atomic E-state index is 11.1. The molecule has 0 bridgehead atoms. The molecule has 0 aliphatic rings.